The summed E-state index contributed by atoms with van der Waals surface area (Å²) in [6, 6.07) is 0.00463. The third kappa shape index (κ3) is 6.11. The van der Waals surface area contributed by atoms with Crippen molar-refractivity contribution in [3.05, 3.63) is 0 Å². The molecular weight excluding hydrogens is 200 g/mol. The van der Waals surface area contributed by atoms with Crippen molar-refractivity contribution in [2.24, 2.45) is 11.7 Å². The molecule has 3 heteroatoms. The van der Waals surface area contributed by atoms with E-state index in [2.05, 4.69) is 6.92 Å². The Kier molecular flexibility index (Phi) is 8.26. The number of carbonyl (C=O) groups is 1. The second-order valence-electron chi connectivity index (χ2n) is 4.39. The molecule has 96 valence electrons. The summed E-state index contributed by atoms with van der Waals surface area (Å²) in [5.41, 5.74) is 5.11. The fraction of sp³-hybridized carbons (Fsp3) is 0.923. The molecule has 2 N–H and O–H groups in total. The van der Waals surface area contributed by atoms with Gasteiger partial charge in [0.1, 0.15) is 0 Å². The topological polar surface area (TPSA) is 46.3 Å². The Morgan fingerprint density at radius 3 is 2.00 bits per heavy atom. The van der Waals surface area contributed by atoms with Gasteiger partial charge in [-0.2, -0.15) is 0 Å². The van der Waals surface area contributed by atoms with E-state index in [0.29, 0.717) is 0 Å². The van der Waals surface area contributed by atoms with E-state index >= 15 is 0 Å². The van der Waals surface area contributed by atoms with E-state index in [1.165, 1.54) is 19.3 Å². The van der Waals surface area contributed by atoms with E-state index in [9.17, 15) is 4.79 Å². The predicted octanol–water partition coefficient (Wildman–Crippen LogP) is 2.40. The van der Waals surface area contributed by atoms with Gasteiger partial charge in [-0.05, 0) is 32.4 Å². The number of carbonyl (C=O) groups excluding carboxylic acids is 1. The van der Waals surface area contributed by atoms with Crippen molar-refractivity contribution in [3.63, 3.8) is 0 Å². The Bertz CT molecular complexity index is 190. The number of hydrogen-bond donors (Lipinski definition) is 1. The van der Waals surface area contributed by atoms with Gasteiger partial charge in [-0.25, -0.2) is 0 Å². The monoisotopic (exact) mass is 228 g/mol. The first-order chi connectivity index (χ1) is 7.65. The minimum Gasteiger partial charge on any atom is -0.368 e. The maximum Gasteiger partial charge on any atom is 0.234 e. The standard InChI is InChI=1S/C6H12N2O.C5H10.C2H6/c1-8-4-2-3-5(8)6(7)9;1-2-5-3-4-5;1-2/h5H,2-4H2,1H3,(H2,7,9);5H,2-4H2,1H3;1-2H3. The highest BCUT2D eigenvalue weighted by Crippen LogP contribution is 2.31. The fourth-order valence-electron chi connectivity index (χ4n) is 1.80. The van der Waals surface area contributed by atoms with Crippen LogP contribution in [0.3, 0.4) is 0 Å². The zero-order valence-corrected chi connectivity index (χ0v) is 11.3. The Balaban J connectivity index is 0.000000272. The van der Waals surface area contributed by atoms with Crippen LogP contribution in [0.4, 0.5) is 0 Å². The lowest BCUT2D eigenvalue weighted by Gasteiger charge is -2.14. The van der Waals surface area contributed by atoms with Gasteiger partial charge in [0.15, 0.2) is 0 Å². The van der Waals surface area contributed by atoms with Gasteiger partial charge < -0.3 is 5.73 Å². The number of rotatable bonds is 2. The molecule has 0 bridgehead atoms. The van der Waals surface area contributed by atoms with Gasteiger partial charge in [0.2, 0.25) is 5.91 Å². The number of nitrogens with zero attached hydrogens (tertiary/aromatic N) is 1. The van der Waals surface area contributed by atoms with Crippen molar-refractivity contribution in [3.8, 4) is 0 Å². The zero-order valence-electron chi connectivity index (χ0n) is 11.3. The minimum atomic E-state index is -0.185. The van der Waals surface area contributed by atoms with Crippen LogP contribution in [-0.4, -0.2) is 30.4 Å². The average molecular weight is 228 g/mol. The van der Waals surface area contributed by atoms with Crippen molar-refractivity contribution in [1.82, 2.24) is 4.90 Å². The fourth-order valence-corrected chi connectivity index (χ4v) is 1.80. The third-order valence-electron chi connectivity index (χ3n) is 3.12. The zero-order chi connectivity index (χ0) is 12.6. The van der Waals surface area contributed by atoms with E-state index in [-0.39, 0.29) is 11.9 Å². The van der Waals surface area contributed by atoms with Crippen molar-refractivity contribution in [2.45, 2.75) is 58.9 Å². The number of hydrogen-bond acceptors (Lipinski definition) is 2. The van der Waals surface area contributed by atoms with Crippen LogP contribution in [0.15, 0.2) is 0 Å². The maximum atomic E-state index is 10.6. The molecule has 0 aromatic rings. The molecule has 0 aromatic carbocycles. The smallest absolute Gasteiger partial charge is 0.234 e. The highest BCUT2D eigenvalue weighted by molar-refractivity contribution is 5.80. The number of primary amides is 1. The van der Waals surface area contributed by atoms with Crippen LogP contribution < -0.4 is 5.73 Å². The van der Waals surface area contributed by atoms with Crippen LogP contribution >= 0.6 is 0 Å². The molecule has 1 atom stereocenters. The van der Waals surface area contributed by atoms with Crippen LogP contribution in [0, 0.1) is 5.92 Å². The lowest BCUT2D eigenvalue weighted by Crippen LogP contribution is -2.37. The molecule has 0 radical (unpaired) electrons. The summed E-state index contributed by atoms with van der Waals surface area (Å²) in [7, 11) is 1.93. The van der Waals surface area contributed by atoms with Crippen molar-refractivity contribution in [2.75, 3.05) is 13.6 Å². The Morgan fingerprint density at radius 2 is 1.88 bits per heavy atom. The maximum absolute atomic E-state index is 10.6. The largest absolute Gasteiger partial charge is 0.368 e. The summed E-state index contributed by atoms with van der Waals surface area (Å²) in [6.07, 6.45) is 6.48. The summed E-state index contributed by atoms with van der Waals surface area (Å²) in [5.74, 6) is 0.949. The second kappa shape index (κ2) is 8.57. The molecule has 1 saturated carbocycles. The Labute approximate surface area is 100 Å². The molecule has 1 heterocycles. The Hall–Kier alpha value is -0.570. The summed E-state index contributed by atoms with van der Waals surface area (Å²) >= 11 is 0. The number of amides is 1. The van der Waals surface area contributed by atoms with Crippen molar-refractivity contribution < 1.29 is 4.79 Å². The molecule has 1 saturated heterocycles. The van der Waals surface area contributed by atoms with Crippen LogP contribution in [0.25, 0.3) is 0 Å². The third-order valence-corrected chi connectivity index (χ3v) is 3.12. The first-order valence-corrected chi connectivity index (χ1v) is 6.64. The van der Waals surface area contributed by atoms with Gasteiger partial charge >= 0.3 is 0 Å². The molecule has 1 aliphatic heterocycles. The Morgan fingerprint density at radius 1 is 1.31 bits per heavy atom. The van der Waals surface area contributed by atoms with Gasteiger partial charge in [0, 0.05) is 0 Å². The number of nitrogens with two attached hydrogens (primary N) is 1. The summed E-state index contributed by atoms with van der Waals surface area (Å²) in [6.45, 7) is 7.27. The molecule has 2 rings (SSSR count). The van der Waals surface area contributed by atoms with Gasteiger partial charge in [-0.3, -0.25) is 9.69 Å². The molecule has 2 fully saturated rings. The molecule has 0 spiro atoms. The van der Waals surface area contributed by atoms with E-state index in [1.54, 1.807) is 0 Å². The second-order valence-corrected chi connectivity index (χ2v) is 4.39. The van der Waals surface area contributed by atoms with Gasteiger partial charge in [-0.15, -0.1) is 0 Å². The van der Waals surface area contributed by atoms with E-state index < -0.39 is 0 Å². The van der Waals surface area contributed by atoms with Crippen LogP contribution in [0.2, 0.25) is 0 Å². The normalized spacial score (nSPS) is 23.9. The van der Waals surface area contributed by atoms with E-state index in [4.69, 9.17) is 5.73 Å². The first kappa shape index (κ1) is 15.4. The molecule has 0 aromatic heterocycles. The predicted molar refractivity (Wildman–Crippen MR) is 69.2 cm³/mol. The molecule has 1 aliphatic carbocycles. The van der Waals surface area contributed by atoms with E-state index in [0.717, 1.165) is 25.3 Å². The highest BCUT2D eigenvalue weighted by atomic mass is 16.1. The lowest BCUT2D eigenvalue weighted by atomic mass is 10.2. The minimum absolute atomic E-state index is 0.00463. The van der Waals surface area contributed by atoms with Gasteiger partial charge in [-0.1, -0.05) is 40.0 Å². The van der Waals surface area contributed by atoms with E-state index in [1.807, 2.05) is 25.8 Å². The molecular formula is C13H28N2O. The van der Waals surface area contributed by atoms with Crippen molar-refractivity contribution in [1.29, 1.82) is 0 Å². The number of likely N-dealkylation sites (tertiary alicyclic amines) is 1. The first-order valence-electron chi connectivity index (χ1n) is 6.64. The molecule has 3 nitrogen and oxygen atoms in total. The lowest BCUT2D eigenvalue weighted by molar-refractivity contribution is -0.121. The van der Waals surface area contributed by atoms with Crippen LogP contribution in [0.1, 0.15) is 52.9 Å². The SMILES string of the molecule is CC.CCC1CC1.CN1CCCC1C(N)=O. The molecule has 2 aliphatic rings. The van der Waals surface area contributed by atoms with Crippen LogP contribution in [-0.2, 0) is 4.79 Å². The quantitative estimate of drug-likeness (QED) is 0.789. The summed E-state index contributed by atoms with van der Waals surface area (Å²) in [4.78, 5) is 12.6. The molecule has 1 unspecified atom stereocenters. The summed E-state index contributed by atoms with van der Waals surface area (Å²) < 4.78 is 0. The average Bonchev–Trinajstić information content (AvgIpc) is 3.04. The number of likely N-dealkylation sites (N-methyl/N-ethyl adjacent to an activating group) is 1. The van der Waals surface area contributed by atoms with Crippen LogP contribution in [0.5, 0.6) is 0 Å². The summed E-state index contributed by atoms with van der Waals surface area (Å²) in [5, 5.41) is 0. The molecule has 1 amide bonds. The highest BCUT2D eigenvalue weighted by Gasteiger charge is 2.24. The van der Waals surface area contributed by atoms with Crippen molar-refractivity contribution >= 4 is 5.91 Å². The van der Waals surface area contributed by atoms with Gasteiger partial charge in [0.05, 0.1) is 6.04 Å². The molecule has 16 heavy (non-hydrogen) atoms. The van der Waals surface area contributed by atoms with Gasteiger partial charge in [0.25, 0.3) is 0 Å².